The lowest BCUT2D eigenvalue weighted by atomic mass is 10.0. The van der Waals surface area contributed by atoms with Crippen LogP contribution in [0.15, 0.2) is 24.3 Å². The maximum atomic E-state index is 13.3. The number of rotatable bonds is 4. The van der Waals surface area contributed by atoms with Crippen LogP contribution < -0.4 is 10.6 Å². The lowest BCUT2D eigenvalue weighted by molar-refractivity contribution is -0.122. The Hall–Kier alpha value is -1.42. The van der Waals surface area contributed by atoms with E-state index in [0.29, 0.717) is 17.9 Å². The van der Waals surface area contributed by atoms with E-state index in [4.69, 9.17) is 0 Å². The van der Waals surface area contributed by atoms with Crippen molar-refractivity contribution in [3.8, 4) is 0 Å². The van der Waals surface area contributed by atoms with E-state index in [1.165, 1.54) is 6.07 Å². The molecule has 1 unspecified atom stereocenters. The summed E-state index contributed by atoms with van der Waals surface area (Å²) in [7, 11) is 0. The van der Waals surface area contributed by atoms with Crippen LogP contribution in [0.5, 0.6) is 0 Å². The van der Waals surface area contributed by atoms with Crippen molar-refractivity contribution in [2.24, 2.45) is 5.92 Å². The van der Waals surface area contributed by atoms with Gasteiger partial charge in [0.15, 0.2) is 0 Å². The lowest BCUT2D eigenvalue weighted by Gasteiger charge is -2.09. The summed E-state index contributed by atoms with van der Waals surface area (Å²) in [5.74, 6) is 0.160. The molecule has 0 aliphatic carbocycles. The Morgan fingerprint density at radius 1 is 1.47 bits per heavy atom. The van der Waals surface area contributed by atoms with Gasteiger partial charge in [0, 0.05) is 18.5 Å². The summed E-state index contributed by atoms with van der Waals surface area (Å²) >= 11 is 0. The van der Waals surface area contributed by atoms with E-state index in [0.717, 1.165) is 19.5 Å². The molecular weight excluding hydrogens is 219 g/mol. The highest BCUT2D eigenvalue weighted by molar-refractivity contribution is 5.76. The molecule has 1 aromatic carbocycles. The van der Waals surface area contributed by atoms with Gasteiger partial charge in [-0.05, 0) is 31.5 Å². The van der Waals surface area contributed by atoms with Gasteiger partial charge in [-0.3, -0.25) is 4.79 Å². The molecule has 2 N–H and O–H groups in total. The first kappa shape index (κ1) is 12.0. The SMILES string of the molecule is O=C(CC1CCNC1)NCc1ccccc1F. The molecule has 1 aliphatic heterocycles. The Labute approximate surface area is 100 Å². The molecular formula is C13H17FN2O. The average Bonchev–Trinajstić information content (AvgIpc) is 2.81. The summed E-state index contributed by atoms with van der Waals surface area (Å²) in [4.78, 5) is 11.6. The topological polar surface area (TPSA) is 41.1 Å². The number of hydrogen-bond acceptors (Lipinski definition) is 2. The summed E-state index contributed by atoms with van der Waals surface area (Å²) in [5.41, 5.74) is 0.533. The largest absolute Gasteiger partial charge is 0.352 e. The summed E-state index contributed by atoms with van der Waals surface area (Å²) in [6.45, 7) is 2.17. The van der Waals surface area contributed by atoms with Gasteiger partial charge in [-0.2, -0.15) is 0 Å². The van der Waals surface area contributed by atoms with Crippen LogP contribution in [-0.2, 0) is 11.3 Å². The van der Waals surface area contributed by atoms with Gasteiger partial charge in [-0.25, -0.2) is 4.39 Å². The summed E-state index contributed by atoms with van der Waals surface area (Å²) in [6, 6.07) is 6.51. The summed E-state index contributed by atoms with van der Waals surface area (Å²) in [6.07, 6.45) is 1.58. The number of carbonyl (C=O) groups is 1. The van der Waals surface area contributed by atoms with Crippen molar-refractivity contribution in [2.45, 2.75) is 19.4 Å². The Balaban J connectivity index is 1.77. The van der Waals surface area contributed by atoms with Crippen molar-refractivity contribution in [1.82, 2.24) is 10.6 Å². The van der Waals surface area contributed by atoms with Gasteiger partial charge in [0.05, 0.1) is 0 Å². The minimum absolute atomic E-state index is 0.00181. The number of halogens is 1. The van der Waals surface area contributed by atoms with E-state index in [9.17, 15) is 9.18 Å². The standard InChI is InChI=1S/C13H17FN2O/c14-12-4-2-1-3-11(12)9-16-13(17)7-10-5-6-15-8-10/h1-4,10,15H,5-9H2,(H,16,17). The second-order valence-corrected chi connectivity index (χ2v) is 4.43. The molecule has 1 aromatic rings. The Kier molecular flexibility index (Phi) is 4.09. The third kappa shape index (κ3) is 3.53. The molecule has 1 aliphatic rings. The normalized spacial score (nSPS) is 19.2. The van der Waals surface area contributed by atoms with Crippen LogP contribution in [0, 0.1) is 11.7 Å². The average molecular weight is 236 g/mol. The molecule has 0 radical (unpaired) electrons. The first-order valence-corrected chi connectivity index (χ1v) is 5.96. The molecule has 1 fully saturated rings. The van der Waals surface area contributed by atoms with Crippen molar-refractivity contribution >= 4 is 5.91 Å². The second-order valence-electron chi connectivity index (χ2n) is 4.43. The molecule has 3 nitrogen and oxygen atoms in total. The van der Waals surface area contributed by atoms with Crippen molar-refractivity contribution in [2.75, 3.05) is 13.1 Å². The van der Waals surface area contributed by atoms with Crippen LogP contribution in [0.4, 0.5) is 4.39 Å². The van der Waals surface area contributed by atoms with Crippen LogP contribution in [-0.4, -0.2) is 19.0 Å². The van der Waals surface area contributed by atoms with E-state index in [1.54, 1.807) is 18.2 Å². The minimum atomic E-state index is -0.268. The van der Waals surface area contributed by atoms with E-state index in [1.807, 2.05) is 0 Å². The number of benzene rings is 1. The molecule has 0 saturated carbocycles. The molecule has 1 atom stereocenters. The fourth-order valence-electron chi connectivity index (χ4n) is 2.06. The summed E-state index contributed by atoms with van der Waals surface area (Å²) in [5, 5.41) is 5.98. The molecule has 0 aromatic heterocycles. The first-order chi connectivity index (χ1) is 8.25. The maximum Gasteiger partial charge on any atom is 0.220 e. The maximum absolute atomic E-state index is 13.3. The van der Waals surface area contributed by atoms with Crippen molar-refractivity contribution in [3.05, 3.63) is 35.6 Å². The van der Waals surface area contributed by atoms with Gasteiger partial charge in [0.2, 0.25) is 5.91 Å². The zero-order chi connectivity index (χ0) is 12.1. The fourth-order valence-corrected chi connectivity index (χ4v) is 2.06. The molecule has 4 heteroatoms. The van der Waals surface area contributed by atoms with Crippen LogP contribution >= 0.6 is 0 Å². The Morgan fingerprint density at radius 3 is 3.00 bits per heavy atom. The van der Waals surface area contributed by atoms with E-state index >= 15 is 0 Å². The minimum Gasteiger partial charge on any atom is -0.352 e. The van der Waals surface area contributed by atoms with Gasteiger partial charge in [-0.15, -0.1) is 0 Å². The molecule has 1 heterocycles. The van der Waals surface area contributed by atoms with E-state index in [-0.39, 0.29) is 18.3 Å². The zero-order valence-corrected chi connectivity index (χ0v) is 9.71. The highest BCUT2D eigenvalue weighted by Crippen LogP contribution is 2.12. The zero-order valence-electron chi connectivity index (χ0n) is 9.71. The molecule has 1 saturated heterocycles. The predicted octanol–water partition coefficient (Wildman–Crippen LogP) is 1.44. The number of carbonyl (C=O) groups excluding carboxylic acids is 1. The van der Waals surface area contributed by atoms with Crippen LogP contribution in [0.25, 0.3) is 0 Å². The first-order valence-electron chi connectivity index (χ1n) is 5.96. The Morgan fingerprint density at radius 2 is 2.29 bits per heavy atom. The third-order valence-corrected chi connectivity index (χ3v) is 3.07. The number of amides is 1. The van der Waals surface area contributed by atoms with E-state index < -0.39 is 0 Å². The monoisotopic (exact) mass is 236 g/mol. The van der Waals surface area contributed by atoms with Crippen molar-refractivity contribution in [1.29, 1.82) is 0 Å². The van der Waals surface area contributed by atoms with Crippen molar-refractivity contribution < 1.29 is 9.18 Å². The van der Waals surface area contributed by atoms with E-state index in [2.05, 4.69) is 10.6 Å². The highest BCUT2D eigenvalue weighted by atomic mass is 19.1. The van der Waals surface area contributed by atoms with Crippen LogP contribution in [0.3, 0.4) is 0 Å². The van der Waals surface area contributed by atoms with Gasteiger partial charge in [0.25, 0.3) is 0 Å². The smallest absolute Gasteiger partial charge is 0.220 e. The second kappa shape index (κ2) is 5.77. The van der Waals surface area contributed by atoms with Crippen LogP contribution in [0.1, 0.15) is 18.4 Å². The van der Waals surface area contributed by atoms with Crippen molar-refractivity contribution in [3.63, 3.8) is 0 Å². The van der Waals surface area contributed by atoms with Gasteiger partial charge in [-0.1, -0.05) is 18.2 Å². The predicted molar refractivity (Wildman–Crippen MR) is 63.8 cm³/mol. The quantitative estimate of drug-likeness (QED) is 0.830. The fraction of sp³-hybridized carbons (Fsp3) is 0.462. The molecule has 17 heavy (non-hydrogen) atoms. The van der Waals surface area contributed by atoms with Gasteiger partial charge >= 0.3 is 0 Å². The summed E-state index contributed by atoms with van der Waals surface area (Å²) < 4.78 is 13.3. The van der Waals surface area contributed by atoms with Crippen LogP contribution in [0.2, 0.25) is 0 Å². The lowest BCUT2D eigenvalue weighted by Crippen LogP contribution is -2.26. The molecule has 92 valence electrons. The molecule has 0 spiro atoms. The Bertz CT molecular complexity index is 389. The van der Waals surface area contributed by atoms with Gasteiger partial charge in [0.1, 0.15) is 5.82 Å². The number of hydrogen-bond donors (Lipinski definition) is 2. The third-order valence-electron chi connectivity index (χ3n) is 3.07. The molecule has 1 amide bonds. The molecule has 0 bridgehead atoms. The molecule has 2 rings (SSSR count). The van der Waals surface area contributed by atoms with Gasteiger partial charge < -0.3 is 10.6 Å². The highest BCUT2D eigenvalue weighted by Gasteiger charge is 2.17. The number of nitrogens with one attached hydrogen (secondary N) is 2.